The molecule has 0 saturated heterocycles. The van der Waals surface area contributed by atoms with Crippen molar-refractivity contribution in [3.8, 4) is 11.1 Å². The van der Waals surface area contributed by atoms with Crippen LogP contribution in [0.4, 0.5) is 11.5 Å². The average Bonchev–Trinajstić information content (AvgIpc) is 2.79. The quantitative estimate of drug-likeness (QED) is 0.255. The fourth-order valence-corrected chi connectivity index (χ4v) is 3.83. The van der Waals surface area contributed by atoms with E-state index in [1.807, 2.05) is 61.6 Å². The predicted molar refractivity (Wildman–Crippen MR) is 124 cm³/mol. The van der Waals surface area contributed by atoms with Gasteiger partial charge in [-0.25, -0.2) is 4.98 Å². The minimum atomic E-state index is -1.10. The van der Waals surface area contributed by atoms with Gasteiger partial charge in [-0.15, -0.1) is 0 Å². The summed E-state index contributed by atoms with van der Waals surface area (Å²) in [7, 11) is 1.91. The summed E-state index contributed by atoms with van der Waals surface area (Å²) >= 11 is -1.10. The van der Waals surface area contributed by atoms with Gasteiger partial charge in [-0.2, -0.15) is 9.27 Å². The Morgan fingerprint density at radius 3 is 2.60 bits per heavy atom. The molecular formula is C22H23N6OS+. The van der Waals surface area contributed by atoms with Crippen LogP contribution in [0, 0.1) is 0 Å². The molecule has 152 valence electrons. The standard InChI is InChI=1S/C22H23N6OS/c1-23-9-10-25-22-15-26-20-8-7-16(12-21(20)27-22)17-11-18(14-24-13-17)28-30(29)19-5-3-2-4-6-19/h2-8,11-15,23,28-29H,9-10H2,1H3,(H,25,27)/q+1. The summed E-state index contributed by atoms with van der Waals surface area (Å²) in [5, 5.41) is 6.35. The number of nitrogens with one attached hydrogen (secondary N) is 3. The highest BCUT2D eigenvalue weighted by molar-refractivity contribution is 7.92. The molecule has 2 aromatic heterocycles. The number of hydrogen-bond acceptors (Lipinski definition) is 7. The minimum Gasteiger partial charge on any atom is -0.367 e. The van der Waals surface area contributed by atoms with E-state index in [1.165, 1.54) is 0 Å². The van der Waals surface area contributed by atoms with Crippen molar-refractivity contribution in [1.82, 2.24) is 20.3 Å². The number of aromatic nitrogens is 3. The van der Waals surface area contributed by atoms with E-state index < -0.39 is 11.4 Å². The number of rotatable bonds is 8. The second-order valence-corrected chi connectivity index (χ2v) is 7.90. The number of hydrogen-bond donors (Lipinski definition) is 4. The highest BCUT2D eigenvalue weighted by Crippen LogP contribution is 2.26. The fourth-order valence-electron chi connectivity index (χ4n) is 2.97. The van der Waals surface area contributed by atoms with Crippen molar-refractivity contribution < 1.29 is 4.55 Å². The SMILES string of the molecule is CNCCNc1cnc2ccc(-c3cncc(N[S+](O)c4ccccc4)c3)cc2n1. The van der Waals surface area contributed by atoms with Crippen molar-refractivity contribution in [2.45, 2.75) is 4.90 Å². The first-order valence-corrected chi connectivity index (χ1v) is 10.8. The normalized spacial score (nSPS) is 11.9. The lowest BCUT2D eigenvalue weighted by Gasteiger charge is -2.08. The molecule has 2 heterocycles. The highest BCUT2D eigenvalue weighted by Gasteiger charge is 2.20. The molecule has 0 bridgehead atoms. The van der Waals surface area contributed by atoms with Gasteiger partial charge < -0.3 is 10.6 Å². The summed E-state index contributed by atoms with van der Waals surface area (Å²) in [6.07, 6.45) is 5.25. The summed E-state index contributed by atoms with van der Waals surface area (Å²) in [6, 6.07) is 17.4. The largest absolute Gasteiger partial charge is 0.367 e. The van der Waals surface area contributed by atoms with Crippen LogP contribution in [0.2, 0.25) is 0 Å². The molecule has 4 rings (SSSR count). The van der Waals surface area contributed by atoms with E-state index in [0.717, 1.165) is 51.7 Å². The number of fused-ring (bicyclic) bond motifs is 1. The van der Waals surface area contributed by atoms with E-state index >= 15 is 0 Å². The lowest BCUT2D eigenvalue weighted by molar-refractivity contribution is 0.644. The van der Waals surface area contributed by atoms with Crippen molar-refractivity contribution in [2.75, 3.05) is 30.2 Å². The van der Waals surface area contributed by atoms with Crippen LogP contribution in [0.1, 0.15) is 0 Å². The fraction of sp³-hybridized carbons (Fsp3) is 0.136. The molecule has 4 N–H and O–H groups in total. The molecule has 0 amide bonds. The van der Waals surface area contributed by atoms with E-state index in [2.05, 4.69) is 30.3 Å². The maximum atomic E-state index is 10.5. The van der Waals surface area contributed by atoms with Gasteiger partial charge in [-0.3, -0.25) is 9.97 Å². The van der Waals surface area contributed by atoms with Crippen molar-refractivity contribution in [1.29, 1.82) is 0 Å². The monoisotopic (exact) mass is 419 g/mol. The van der Waals surface area contributed by atoms with Crippen LogP contribution in [0.5, 0.6) is 0 Å². The Balaban J connectivity index is 1.56. The van der Waals surface area contributed by atoms with Gasteiger partial charge in [-0.1, -0.05) is 24.3 Å². The van der Waals surface area contributed by atoms with E-state index in [9.17, 15) is 4.55 Å². The van der Waals surface area contributed by atoms with Crippen LogP contribution < -0.4 is 15.4 Å². The summed E-state index contributed by atoms with van der Waals surface area (Å²) in [5.74, 6) is 0.746. The van der Waals surface area contributed by atoms with Gasteiger partial charge >= 0.3 is 11.4 Å². The van der Waals surface area contributed by atoms with Gasteiger partial charge in [0.25, 0.3) is 0 Å². The Kier molecular flexibility index (Phi) is 6.38. The molecule has 30 heavy (non-hydrogen) atoms. The number of nitrogens with zero attached hydrogens (tertiary/aromatic N) is 3. The number of anilines is 2. The molecule has 0 aliphatic heterocycles. The molecule has 0 aliphatic carbocycles. The van der Waals surface area contributed by atoms with Crippen LogP contribution in [-0.2, 0) is 11.4 Å². The lowest BCUT2D eigenvalue weighted by Crippen LogP contribution is -2.18. The van der Waals surface area contributed by atoms with E-state index in [4.69, 9.17) is 0 Å². The maximum absolute atomic E-state index is 10.5. The summed E-state index contributed by atoms with van der Waals surface area (Å²) in [5.41, 5.74) is 4.31. The van der Waals surface area contributed by atoms with Crippen molar-refractivity contribution in [2.24, 2.45) is 0 Å². The smallest absolute Gasteiger partial charge is 0.303 e. The van der Waals surface area contributed by atoms with Crippen LogP contribution in [0.15, 0.2) is 78.1 Å². The molecule has 2 aromatic carbocycles. The second kappa shape index (κ2) is 9.53. The van der Waals surface area contributed by atoms with Gasteiger partial charge in [0.05, 0.1) is 23.4 Å². The summed E-state index contributed by atoms with van der Waals surface area (Å²) < 4.78 is 13.6. The van der Waals surface area contributed by atoms with E-state index in [1.54, 1.807) is 18.6 Å². The van der Waals surface area contributed by atoms with Gasteiger partial charge in [0.15, 0.2) is 0 Å². The Bertz CT molecular complexity index is 1120. The molecule has 0 aliphatic rings. The molecule has 7 nitrogen and oxygen atoms in total. The number of benzene rings is 2. The Morgan fingerprint density at radius 1 is 0.900 bits per heavy atom. The third kappa shape index (κ3) is 4.85. The molecule has 0 spiro atoms. The third-order valence-electron chi connectivity index (χ3n) is 4.48. The first-order valence-electron chi connectivity index (χ1n) is 9.59. The zero-order valence-corrected chi connectivity index (χ0v) is 17.4. The summed E-state index contributed by atoms with van der Waals surface area (Å²) in [6.45, 7) is 1.62. The molecule has 0 saturated carbocycles. The maximum Gasteiger partial charge on any atom is 0.303 e. The molecule has 1 unspecified atom stereocenters. The highest BCUT2D eigenvalue weighted by atomic mass is 32.2. The molecule has 8 heteroatoms. The predicted octanol–water partition coefficient (Wildman–Crippen LogP) is 3.80. The molecule has 1 atom stereocenters. The Hall–Kier alpha value is -3.20. The van der Waals surface area contributed by atoms with Crippen LogP contribution in [0.25, 0.3) is 22.2 Å². The Morgan fingerprint density at radius 2 is 1.77 bits per heavy atom. The van der Waals surface area contributed by atoms with Gasteiger partial charge in [-0.05, 0) is 42.9 Å². The summed E-state index contributed by atoms with van der Waals surface area (Å²) in [4.78, 5) is 14.3. The first-order chi connectivity index (χ1) is 14.7. The zero-order chi connectivity index (χ0) is 20.8. The first kappa shape index (κ1) is 20.1. The number of pyridine rings is 1. The van der Waals surface area contributed by atoms with Gasteiger partial charge in [0.1, 0.15) is 11.5 Å². The van der Waals surface area contributed by atoms with Gasteiger partial charge in [0.2, 0.25) is 4.90 Å². The van der Waals surface area contributed by atoms with Crippen LogP contribution in [0.3, 0.4) is 0 Å². The molecule has 4 aromatic rings. The van der Waals surface area contributed by atoms with E-state index in [-0.39, 0.29) is 0 Å². The van der Waals surface area contributed by atoms with Crippen LogP contribution >= 0.6 is 0 Å². The topological polar surface area (TPSA) is 95.0 Å². The third-order valence-corrected chi connectivity index (χ3v) is 5.62. The lowest BCUT2D eigenvalue weighted by atomic mass is 10.1. The zero-order valence-electron chi connectivity index (χ0n) is 16.5. The Labute approximate surface area is 178 Å². The van der Waals surface area contributed by atoms with Crippen molar-refractivity contribution in [3.05, 3.63) is 73.2 Å². The average molecular weight is 420 g/mol. The van der Waals surface area contributed by atoms with Crippen LogP contribution in [-0.4, -0.2) is 39.6 Å². The minimum absolute atomic E-state index is 0.746. The molecule has 0 fully saturated rings. The molecule has 0 radical (unpaired) electrons. The van der Waals surface area contributed by atoms with Crippen molar-refractivity contribution >= 4 is 33.9 Å². The van der Waals surface area contributed by atoms with Crippen molar-refractivity contribution in [3.63, 3.8) is 0 Å². The second-order valence-electron chi connectivity index (χ2n) is 6.65. The number of likely N-dealkylation sites (N-methyl/N-ethyl adjacent to an activating group) is 1. The van der Waals surface area contributed by atoms with E-state index in [0.29, 0.717) is 0 Å². The van der Waals surface area contributed by atoms with Gasteiger partial charge in [0, 0.05) is 24.8 Å². The molecular weight excluding hydrogens is 396 g/mol.